The molecule has 0 spiro atoms. The van der Waals surface area contributed by atoms with Gasteiger partial charge in [0.1, 0.15) is 11.5 Å². The van der Waals surface area contributed by atoms with Crippen molar-refractivity contribution in [1.82, 2.24) is 4.90 Å². The fourth-order valence-electron chi connectivity index (χ4n) is 5.08. The number of carbonyl (C=O) groups is 2. The van der Waals surface area contributed by atoms with Gasteiger partial charge in [-0.3, -0.25) is 9.59 Å². The fraction of sp³-hybridized carbons (Fsp3) is 0.385. The van der Waals surface area contributed by atoms with Gasteiger partial charge >= 0.3 is 0 Å². The highest BCUT2D eigenvalue weighted by molar-refractivity contribution is 6.22. The lowest BCUT2D eigenvalue weighted by atomic mass is 9.84. The molecule has 0 radical (unpaired) electrons. The first kappa shape index (κ1) is 20.8. The highest BCUT2D eigenvalue weighted by Crippen LogP contribution is 2.43. The van der Waals surface area contributed by atoms with Crippen molar-refractivity contribution in [3.63, 3.8) is 0 Å². The third-order valence-electron chi connectivity index (χ3n) is 6.74. The molecule has 1 saturated heterocycles. The highest BCUT2D eigenvalue weighted by Gasteiger charge is 2.42. The van der Waals surface area contributed by atoms with Gasteiger partial charge in [-0.2, -0.15) is 0 Å². The lowest BCUT2D eigenvalue weighted by Crippen LogP contribution is -2.42. The van der Waals surface area contributed by atoms with Crippen molar-refractivity contribution in [1.29, 1.82) is 0 Å². The Bertz CT molecular complexity index is 1250. The second-order valence-corrected chi connectivity index (χ2v) is 8.57. The van der Waals surface area contributed by atoms with Crippen LogP contribution in [0.15, 0.2) is 30.3 Å². The maximum absolute atomic E-state index is 13.6. The summed E-state index contributed by atoms with van der Waals surface area (Å²) in [7, 11) is 1.57. The minimum Gasteiger partial charge on any atom is -0.496 e. The largest absolute Gasteiger partial charge is 0.496 e. The Hall–Kier alpha value is -3.12. The number of benzene rings is 3. The van der Waals surface area contributed by atoms with Crippen molar-refractivity contribution < 1.29 is 24.2 Å². The van der Waals surface area contributed by atoms with E-state index in [4.69, 9.17) is 9.47 Å². The topological polar surface area (TPSA) is 76.1 Å². The quantitative estimate of drug-likeness (QED) is 0.462. The van der Waals surface area contributed by atoms with Gasteiger partial charge in [-0.05, 0) is 70.3 Å². The molecule has 2 heterocycles. The van der Waals surface area contributed by atoms with Crippen LogP contribution >= 0.6 is 0 Å². The predicted molar refractivity (Wildman–Crippen MR) is 122 cm³/mol. The average Bonchev–Trinajstić information content (AvgIpc) is 3.19. The molecular formula is C26H27NO5. The summed E-state index contributed by atoms with van der Waals surface area (Å²) in [5.74, 6) is 1.36. The minimum absolute atomic E-state index is 0.00820. The zero-order valence-corrected chi connectivity index (χ0v) is 18.4. The van der Waals surface area contributed by atoms with Crippen molar-refractivity contribution >= 4 is 33.2 Å². The van der Waals surface area contributed by atoms with Crippen LogP contribution in [0.25, 0.3) is 21.5 Å². The monoisotopic (exact) mass is 433 g/mol. The minimum atomic E-state index is -0.380. The standard InChI is InChI=1S/C26H27NO5/c1-3-4-9-32-16-5-6-17-19(11-16)18-10-15(14-28)23(31-2)12-20(18)21-13-27-22(7-8-24(27)29)26(30)25(17)21/h5-6,10-12,22,28H,3-4,7-9,13-14H2,1-2H3/t22-/m0/s1. The molecule has 1 fully saturated rings. The molecule has 0 bridgehead atoms. The number of amides is 1. The van der Waals surface area contributed by atoms with Crippen molar-refractivity contribution in [2.75, 3.05) is 13.7 Å². The number of hydrogen-bond donors (Lipinski definition) is 1. The van der Waals surface area contributed by atoms with Crippen LogP contribution in [-0.2, 0) is 17.9 Å². The van der Waals surface area contributed by atoms with Gasteiger partial charge in [-0.1, -0.05) is 13.3 Å². The van der Waals surface area contributed by atoms with E-state index >= 15 is 0 Å². The maximum Gasteiger partial charge on any atom is 0.223 e. The number of carbonyl (C=O) groups excluding carboxylic acids is 2. The number of fused-ring (bicyclic) bond motifs is 7. The number of ether oxygens (including phenoxy) is 2. The number of hydrogen-bond acceptors (Lipinski definition) is 5. The van der Waals surface area contributed by atoms with E-state index in [2.05, 4.69) is 6.92 Å². The van der Waals surface area contributed by atoms with Gasteiger partial charge in [0.05, 0.1) is 26.4 Å². The highest BCUT2D eigenvalue weighted by atomic mass is 16.5. The number of Topliss-reactive ketones (excluding diaryl/α,β-unsaturated/α-hetero) is 1. The smallest absolute Gasteiger partial charge is 0.223 e. The summed E-state index contributed by atoms with van der Waals surface area (Å²) in [6.07, 6.45) is 3.00. The second kappa shape index (κ2) is 8.10. The Morgan fingerprint density at radius 1 is 1.09 bits per heavy atom. The predicted octanol–water partition coefficient (Wildman–Crippen LogP) is 4.36. The van der Waals surface area contributed by atoms with Gasteiger partial charge in [0.25, 0.3) is 0 Å². The number of aliphatic hydroxyl groups is 1. The van der Waals surface area contributed by atoms with E-state index in [1.807, 2.05) is 30.3 Å². The van der Waals surface area contributed by atoms with Gasteiger partial charge in [-0.25, -0.2) is 0 Å². The summed E-state index contributed by atoms with van der Waals surface area (Å²) < 4.78 is 11.5. The van der Waals surface area contributed by atoms with Crippen LogP contribution in [-0.4, -0.2) is 41.5 Å². The van der Waals surface area contributed by atoms with Crippen LogP contribution in [0, 0.1) is 0 Å². The van der Waals surface area contributed by atoms with Crippen molar-refractivity contribution in [3.05, 3.63) is 47.0 Å². The second-order valence-electron chi connectivity index (χ2n) is 8.57. The van der Waals surface area contributed by atoms with Crippen LogP contribution in [0.2, 0.25) is 0 Å². The van der Waals surface area contributed by atoms with Crippen molar-refractivity contribution in [3.8, 4) is 11.5 Å². The zero-order chi connectivity index (χ0) is 22.4. The molecule has 6 nitrogen and oxygen atoms in total. The third-order valence-corrected chi connectivity index (χ3v) is 6.74. The molecule has 0 aromatic heterocycles. The normalized spacial score (nSPS) is 17.7. The number of unbranched alkanes of at least 4 members (excludes halogenated alkanes) is 1. The number of methoxy groups -OCH3 is 1. The van der Waals surface area contributed by atoms with Crippen molar-refractivity contribution in [2.45, 2.75) is 51.8 Å². The Balaban J connectivity index is 1.80. The molecule has 166 valence electrons. The average molecular weight is 434 g/mol. The number of nitrogens with zero attached hydrogens (tertiary/aromatic N) is 1. The molecule has 6 heteroatoms. The van der Waals surface area contributed by atoms with Gasteiger partial charge in [0.2, 0.25) is 5.91 Å². The molecule has 3 aromatic rings. The van der Waals surface area contributed by atoms with E-state index in [0.29, 0.717) is 42.9 Å². The van der Waals surface area contributed by atoms with Crippen LogP contribution in [0.3, 0.4) is 0 Å². The Kier molecular flexibility index (Phi) is 5.25. The van der Waals surface area contributed by atoms with Crippen LogP contribution < -0.4 is 9.47 Å². The van der Waals surface area contributed by atoms with E-state index in [1.54, 1.807) is 12.0 Å². The summed E-state index contributed by atoms with van der Waals surface area (Å²) in [6.45, 7) is 3.01. The van der Waals surface area contributed by atoms with Crippen LogP contribution in [0.1, 0.15) is 54.1 Å². The number of ketones is 1. The molecule has 0 unspecified atom stereocenters. The molecule has 0 saturated carbocycles. The van der Waals surface area contributed by atoms with Crippen LogP contribution in [0.4, 0.5) is 0 Å². The van der Waals surface area contributed by atoms with Crippen molar-refractivity contribution in [2.24, 2.45) is 0 Å². The lowest BCUT2D eigenvalue weighted by molar-refractivity contribution is -0.129. The van der Waals surface area contributed by atoms with E-state index in [-0.39, 0.29) is 24.3 Å². The molecule has 2 aliphatic heterocycles. The molecule has 3 aromatic carbocycles. The van der Waals surface area contributed by atoms with E-state index in [9.17, 15) is 14.7 Å². The Morgan fingerprint density at radius 2 is 1.91 bits per heavy atom. The number of rotatable bonds is 6. The Labute approximate surface area is 186 Å². The first-order valence-electron chi connectivity index (χ1n) is 11.2. The fourth-order valence-corrected chi connectivity index (χ4v) is 5.08. The SMILES string of the molecule is CCCCOc1ccc2c3c(c4cc(OC)c(CO)cc4c2c1)CN1C(=O)CC[C@H]1C3=O. The molecule has 5 rings (SSSR count). The summed E-state index contributed by atoms with van der Waals surface area (Å²) >= 11 is 0. The number of aliphatic hydroxyl groups excluding tert-OH is 1. The van der Waals surface area contributed by atoms with Gasteiger partial charge in [0, 0.05) is 24.1 Å². The summed E-state index contributed by atoms with van der Waals surface area (Å²) in [5.41, 5.74) is 2.23. The first-order chi connectivity index (χ1) is 15.6. The molecular weight excluding hydrogens is 406 g/mol. The molecule has 2 aliphatic rings. The molecule has 0 aliphatic carbocycles. The summed E-state index contributed by atoms with van der Waals surface area (Å²) in [6, 6.07) is 9.30. The zero-order valence-electron chi connectivity index (χ0n) is 18.4. The molecule has 1 atom stereocenters. The molecule has 32 heavy (non-hydrogen) atoms. The molecule has 1 amide bonds. The first-order valence-corrected chi connectivity index (χ1v) is 11.2. The van der Waals surface area contributed by atoms with Crippen LogP contribution in [0.5, 0.6) is 11.5 Å². The van der Waals surface area contributed by atoms with Gasteiger partial charge < -0.3 is 19.5 Å². The van der Waals surface area contributed by atoms with E-state index < -0.39 is 0 Å². The maximum atomic E-state index is 13.6. The summed E-state index contributed by atoms with van der Waals surface area (Å²) in [5, 5.41) is 13.5. The third kappa shape index (κ3) is 3.13. The van der Waals surface area contributed by atoms with E-state index in [1.165, 1.54) is 0 Å². The Morgan fingerprint density at radius 3 is 2.66 bits per heavy atom. The van der Waals surface area contributed by atoms with Gasteiger partial charge in [-0.15, -0.1) is 0 Å². The van der Waals surface area contributed by atoms with E-state index in [0.717, 1.165) is 45.7 Å². The summed E-state index contributed by atoms with van der Waals surface area (Å²) in [4.78, 5) is 27.7. The lowest BCUT2D eigenvalue weighted by Gasteiger charge is -2.32. The molecule has 1 N–H and O–H groups in total. The van der Waals surface area contributed by atoms with Gasteiger partial charge in [0.15, 0.2) is 5.78 Å².